The number of rotatable bonds is 10. The maximum atomic E-state index is 14.1. The van der Waals surface area contributed by atoms with Crippen molar-refractivity contribution in [3.63, 3.8) is 0 Å². The molecule has 8 heteroatoms. The molecule has 1 fully saturated rings. The lowest BCUT2D eigenvalue weighted by molar-refractivity contribution is -0.139. The lowest BCUT2D eigenvalue weighted by atomic mass is 9.95. The van der Waals surface area contributed by atoms with E-state index >= 15 is 0 Å². The van der Waals surface area contributed by atoms with Gasteiger partial charge in [0.05, 0.1) is 10.6 Å². The van der Waals surface area contributed by atoms with Gasteiger partial charge in [0.2, 0.25) is 11.8 Å². The van der Waals surface area contributed by atoms with Gasteiger partial charge < -0.3 is 10.2 Å². The summed E-state index contributed by atoms with van der Waals surface area (Å²) in [6.45, 7) is 5.26. The van der Waals surface area contributed by atoms with Crippen molar-refractivity contribution in [2.75, 3.05) is 10.8 Å². The second-order valence-corrected chi connectivity index (χ2v) is 12.5. The number of nitrogens with zero attached hydrogens (tertiary/aromatic N) is 2. The first-order valence-electron chi connectivity index (χ1n) is 14.0. The number of hydrogen-bond donors (Lipinski definition) is 1. The van der Waals surface area contributed by atoms with Crippen molar-refractivity contribution in [2.24, 2.45) is 0 Å². The Kier molecular flexibility index (Phi) is 9.63. The van der Waals surface area contributed by atoms with Gasteiger partial charge in [-0.1, -0.05) is 85.5 Å². The zero-order valence-electron chi connectivity index (χ0n) is 23.5. The molecule has 0 spiro atoms. The average Bonchev–Trinajstić information content (AvgIpc) is 2.95. The van der Waals surface area contributed by atoms with Crippen LogP contribution in [0.1, 0.15) is 55.7 Å². The number of carbonyl (C=O) groups excluding carboxylic acids is 2. The molecule has 3 aromatic carbocycles. The number of anilines is 1. The van der Waals surface area contributed by atoms with Crippen molar-refractivity contribution >= 4 is 27.5 Å². The summed E-state index contributed by atoms with van der Waals surface area (Å²) >= 11 is 0. The summed E-state index contributed by atoms with van der Waals surface area (Å²) in [7, 11) is -4.07. The molecule has 3 aromatic rings. The van der Waals surface area contributed by atoms with Crippen LogP contribution in [0.25, 0.3) is 0 Å². The third-order valence-electron chi connectivity index (χ3n) is 7.55. The van der Waals surface area contributed by atoms with Crippen LogP contribution in [0.2, 0.25) is 0 Å². The SMILES string of the molecule is Cc1cccc(CN(C(=O)CN(c2ccccc2C)S(=O)(=O)c2ccccc2)[C@@H](C)C(=O)NC2CCCCC2)c1. The maximum absolute atomic E-state index is 14.1. The summed E-state index contributed by atoms with van der Waals surface area (Å²) in [6, 6.07) is 22.3. The molecule has 1 aliphatic rings. The Morgan fingerprint density at radius 1 is 0.900 bits per heavy atom. The molecule has 40 heavy (non-hydrogen) atoms. The van der Waals surface area contributed by atoms with E-state index in [2.05, 4.69) is 5.32 Å². The predicted molar refractivity (Wildman–Crippen MR) is 158 cm³/mol. The summed E-state index contributed by atoms with van der Waals surface area (Å²) < 4.78 is 28.9. The van der Waals surface area contributed by atoms with Crippen molar-refractivity contribution in [2.45, 2.75) is 76.4 Å². The molecule has 212 valence electrons. The highest BCUT2D eigenvalue weighted by atomic mass is 32.2. The molecule has 0 bridgehead atoms. The molecule has 0 aliphatic heterocycles. The molecule has 7 nitrogen and oxygen atoms in total. The van der Waals surface area contributed by atoms with Crippen LogP contribution in [-0.4, -0.2) is 43.8 Å². The van der Waals surface area contributed by atoms with Crippen LogP contribution in [0.15, 0.2) is 83.8 Å². The van der Waals surface area contributed by atoms with Crippen LogP contribution < -0.4 is 9.62 Å². The highest BCUT2D eigenvalue weighted by molar-refractivity contribution is 7.92. The molecule has 0 saturated heterocycles. The number of aryl methyl sites for hydroxylation is 2. The van der Waals surface area contributed by atoms with Crippen LogP contribution in [0.5, 0.6) is 0 Å². The van der Waals surface area contributed by atoms with E-state index in [4.69, 9.17) is 0 Å². The summed E-state index contributed by atoms with van der Waals surface area (Å²) in [6.07, 6.45) is 5.19. The normalized spacial score (nSPS) is 14.8. The molecule has 1 N–H and O–H groups in total. The lowest BCUT2D eigenvalue weighted by Crippen LogP contribution is -2.53. The van der Waals surface area contributed by atoms with E-state index in [1.807, 2.05) is 50.2 Å². The number of carbonyl (C=O) groups is 2. The monoisotopic (exact) mass is 561 g/mol. The topological polar surface area (TPSA) is 86.8 Å². The van der Waals surface area contributed by atoms with E-state index in [1.54, 1.807) is 37.3 Å². The third kappa shape index (κ3) is 7.10. The second-order valence-electron chi connectivity index (χ2n) is 10.6. The molecule has 0 unspecified atom stereocenters. The van der Waals surface area contributed by atoms with Gasteiger partial charge in [-0.25, -0.2) is 8.42 Å². The Hall–Kier alpha value is -3.65. The van der Waals surface area contributed by atoms with Crippen LogP contribution in [0, 0.1) is 13.8 Å². The first-order valence-corrected chi connectivity index (χ1v) is 15.4. The fourth-order valence-electron chi connectivity index (χ4n) is 5.23. The largest absolute Gasteiger partial charge is 0.352 e. The number of nitrogens with one attached hydrogen (secondary N) is 1. The van der Waals surface area contributed by atoms with E-state index in [0.717, 1.165) is 46.7 Å². The van der Waals surface area contributed by atoms with Crippen LogP contribution in [-0.2, 0) is 26.2 Å². The zero-order valence-corrected chi connectivity index (χ0v) is 24.4. The van der Waals surface area contributed by atoms with E-state index in [-0.39, 0.29) is 23.4 Å². The van der Waals surface area contributed by atoms with Gasteiger partial charge in [-0.2, -0.15) is 0 Å². The Bertz CT molecular complexity index is 1420. The van der Waals surface area contributed by atoms with Gasteiger partial charge in [0.25, 0.3) is 10.0 Å². The van der Waals surface area contributed by atoms with E-state index in [9.17, 15) is 18.0 Å². The first kappa shape index (κ1) is 29.3. The Morgan fingerprint density at radius 2 is 1.57 bits per heavy atom. The number of benzene rings is 3. The van der Waals surface area contributed by atoms with Gasteiger partial charge in [0.1, 0.15) is 12.6 Å². The van der Waals surface area contributed by atoms with Crippen molar-refractivity contribution in [1.29, 1.82) is 0 Å². The van der Waals surface area contributed by atoms with E-state index < -0.39 is 28.5 Å². The van der Waals surface area contributed by atoms with Crippen molar-refractivity contribution < 1.29 is 18.0 Å². The fourth-order valence-corrected chi connectivity index (χ4v) is 6.73. The van der Waals surface area contributed by atoms with Crippen LogP contribution in [0.4, 0.5) is 5.69 Å². The number of sulfonamides is 1. The summed E-state index contributed by atoms with van der Waals surface area (Å²) in [5.74, 6) is -0.670. The van der Waals surface area contributed by atoms with E-state index in [1.165, 1.54) is 23.5 Å². The lowest BCUT2D eigenvalue weighted by Gasteiger charge is -2.33. The highest BCUT2D eigenvalue weighted by Gasteiger charge is 2.33. The molecule has 1 atom stereocenters. The van der Waals surface area contributed by atoms with Crippen molar-refractivity contribution in [1.82, 2.24) is 10.2 Å². The smallest absolute Gasteiger partial charge is 0.264 e. The minimum atomic E-state index is -4.07. The molecule has 0 radical (unpaired) electrons. The van der Waals surface area contributed by atoms with Gasteiger partial charge in [-0.05, 0) is 62.9 Å². The minimum Gasteiger partial charge on any atom is -0.352 e. The summed E-state index contributed by atoms with van der Waals surface area (Å²) in [5.41, 5.74) is 3.06. The Labute approximate surface area is 238 Å². The molecule has 1 aliphatic carbocycles. The number of para-hydroxylation sites is 1. The molecule has 4 rings (SSSR count). The minimum absolute atomic E-state index is 0.0966. The number of hydrogen-bond acceptors (Lipinski definition) is 4. The van der Waals surface area contributed by atoms with Gasteiger partial charge in [0.15, 0.2) is 0 Å². The third-order valence-corrected chi connectivity index (χ3v) is 9.32. The molecular weight excluding hydrogens is 522 g/mol. The quantitative estimate of drug-likeness (QED) is 0.361. The van der Waals surface area contributed by atoms with Crippen molar-refractivity contribution in [3.05, 3.63) is 95.6 Å². The van der Waals surface area contributed by atoms with E-state index in [0.29, 0.717) is 5.69 Å². The molecule has 0 heterocycles. The Morgan fingerprint density at radius 3 is 2.25 bits per heavy atom. The molecule has 1 saturated carbocycles. The fraction of sp³-hybridized carbons (Fsp3) is 0.375. The van der Waals surface area contributed by atoms with Gasteiger partial charge in [-0.3, -0.25) is 13.9 Å². The highest BCUT2D eigenvalue weighted by Crippen LogP contribution is 2.27. The van der Waals surface area contributed by atoms with Crippen LogP contribution in [0.3, 0.4) is 0 Å². The van der Waals surface area contributed by atoms with Gasteiger partial charge in [-0.15, -0.1) is 0 Å². The molecular formula is C32H39N3O4S. The zero-order chi connectivity index (χ0) is 28.7. The van der Waals surface area contributed by atoms with Gasteiger partial charge in [0, 0.05) is 12.6 Å². The second kappa shape index (κ2) is 13.1. The van der Waals surface area contributed by atoms with Crippen molar-refractivity contribution in [3.8, 4) is 0 Å². The molecule has 2 amide bonds. The number of amides is 2. The summed E-state index contributed by atoms with van der Waals surface area (Å²) in [5, 5.41) is 3.14. The standard InChI is InChI=1S/C32H39N3O4S/c1-24-13-12-15-27(21-24)22-34(26(3)32(37)33-28-16-6-4-7-17-28)31(36)23-35(30-20-11-10-14-25(30)2)40(38,39)29-18-8-5-9-19-29/h5,8-15,18-21,26,28H,4,6-7,16-17,22-23H2,1-3H3,(H,33,37)/t26-/m0/s1. The average molecular weight is 562 g/mol. The molecule has 0 aromatic heterocycles. The predicted octanol–water partition coefficient (Wildman–Crippen LogP) is 5.36. The maximum Gasteiger partial charge on any atom is 0.264 e. The first-order chi connectivity index (χ1) is 19.2. The Balaban J connectivity index is 1.68. The van der Waals surface area contributed by atoms with Gasteiger partial charge >= 0.3 is 0 Å². The van der Waals surface area contributed by atoms with Crippen LogP contribution >= 0.6 is 0 Å². The summed E-state index contributed by atoms with van der Waals surface area (Å²) in [4.78, 5) is 29.1.